The number of carbonyl (C=O) groups is 1. The Morgan fingerprint density at radius 2 is 1.94 bits per heavy atom. The molecule has 1 saturated heterocycles. The van der Waals surface area contributed by atoms with Gasteiger partial charge in [0.1, 0.15) is 11.3 Å². The van der Waals surface area contributed by atoms with Gasteiger partial charge in [-0.15, -0.1) is 12.4 Å². The Morgan fingerprint density at radius 3 is 2.69 bits per heavy atom. The maximum Gasteiger partial charge on any atom is 0.261 e. The van der Waals surface area contributed by atoms with Crippen LogP contribution in [0.2, 0.25) is 10.0 Å². The number of carbonyl (C=O) groups excluding carboxylic acids is 1. The van der Waals surface area contributed by atoms with Crippen LogP contribution in [0.4, 0.5) is 13.9 Å². The first kappa shape index (κ1) is 25.1. The minimum Gasteiger partial charge on any atom is -0.379 e. The van der Waals surface area contributed by atoms with Crippen LogP contribution in [0.15, 0.2) is 30.3 Å². The normalized spacial score (nSPS) is 14.4. The highest BCUT2D eigenvalue weighted by atomic mass is 35.5. The van der Waals surface area contributed by atoms with Crippen LogP contribution in [0.3, 0.4) is 0 Å². The number of rotatable bonds is 6. The van der Waals surface area contributed by atoms with E-state index in [1.807, 2.05) is 0 Å². The molecule has 32 heavy (non-hydrogen) atoms. The molecule has 1 amide bonds. The number of hydrogen-bond donors (Lipinski definition) is 0. The van der Waals surface area contributed by atoms with E-state index in [0.717, 1.165) is 37.0 Å². The number of benzene rings is 2. The molecule has 1 fully saturated rings. The van der Waals surface area contributed by atoms with Crippen molar-refractivity contribution in [3.05, 3.63) is 57.6 Å². The minimum atomic E-state index is -0.765. The molecule has 0 bridgehead atoms. The monoisotopic (exact) mass is 521 g/mol. The van der Waals surface area contributed by atoms with E-state index in [1.165, 1.54) is 17.0 Å². The van der Waals surface area contributed by atoms with Crippen LogP contribution in [-0.4, -0.2) is 55.2 Å². The minimum absolute atomic E-state index is 0. The number of nitrogens with zero attached hydrogens (tertiary/aromatic N) is 3. The maximum absolute atomic E-state index is 14.2. The summed E-state index contributed by atoms with van der Waals surface area (Å²) in [5.41, 5.74) is 0.260. The molecule has 4 rings (SSSR count). The summed E-state index contributed by atoms with van der Waals surface area (Å²) in [6, 6.07) is 6.64. The predicted octanol–water partition coefficient (Wildman–Crippen LogP) is 5.67. The summed E-state index contributed by atoms with van der Waals surface area (Å²) in [6.07, 6.45) is 0.663. The lowest BCUT2D eigenvalue weighted by Crippen LogP contribution is -2.39. The molecular weight excluding hydrogens is 503 g/mol. The molecule has 172 valence electrons. The molecule has 0 N–H and O–H groups in total. The van der Waals surface area contributed by atoms with Crippen molar-refractivity contribution in [1.29, 1.82) is 0 Å². The quantitative estimate of drug-likeness (QED) is 0.418. The molecule has 0 atom stereocenters. The summed E-state index contributed by atoms with van der Waals surface area (Å²) in [7, 11) is 0. The summed E-state index contributed by atoms with van der Waals surface area (Å²) in [6.45, 7) is 4.14. The van der Waals surface area contributed by atoms with E-state index in [1.54, 1.807) is 12.1 Å². The van der Waals surface area contributed by atoms with E-state index in [0.29, 0.717) is 35.9 Å². The Morgan fingerprint density at radius 1 is 1.19 bits per heavy atom. The molecule has 1 aliphatic heterocycles. The van der Waals surface area contributed by atoms with E-state index >= 15 is 0 Å². The van der Waals surface area contributed by atoms with Gasteiger partial charge in [0.05, 0.1) is 28.5 Å². The highest BCUT2D eigenvalue weighted by Gasteiger charge is 2.25. The van der Waals surface area contributed by atoms with Gasteiger partial charge in [0.2, 0.25) is 0 Å². The molecule has 11 heteroatoms. The fourth-order valence-electron chi connectivity index (χ4n) is 3.43. The molecule has 0 saturated carbocycles. The lowest BCUT2D eigenvalue weighted by atomic mass is 10.2. The number of ether oxygens (including phenoxy) is 1. The van der Waals surface area contributed by atoms with E-state index in [4.69, 9.17) is 27.9 Å². The molecule has 1 aliphatic rings. The Bertz CT molecular complexity index is 1110. The van der Waals surface area contributed by atoms with Crippen molar-refractivity contribution in [2.24, 2.45) is 0 Å². The van der Waals surface area contributed by atoms with Gasteiger partial charge in [-0.1, -0.05) is 34.5 Å². The van der Waals surface area contributed by atoms with Crippen LogP contribution in [0.1, 0.15) is 16.8 Å². The van der Waals surface area contributed by atoms with Crippen LogP contribution in [0, 0.1) is 11.6 Å². The van der Waals surface area contributed by atoms with E-state index in [2.05, 4.69) is 9.88 Å². The summed E-state index contributed by atoms with van der Waals surface area (Å²) in [5.74, 6) is -1.85. The van der Waals surface area contributed by atoms with Crippen LogP contribution >= 0.6 is 46.9 Å². The molecular formula is C21H20Cl3F2N3O2S. The molecule has 3 aromatic rings. The number of aromatic nitrogens is 1. The lowest BCUT2D eigenvalue weighted by Gasteiger charge is -2.27. The van der Waals surface area contributed by atoms with Gasteiger partial charge < -0.3 is 4.74 Å². The van der Waals surface area contributed by atoms with Gasteiger partial charge in [-0.25, -0.2) is 13.8 Å². The fourth-order valence-corrected chi connectivity index (χ4v) is 4.83. The zero-order chi connectivity index (χ0) is 22.0. The number of fused-ring (bicyclic) bond motifs is 1. The number of thiazole rings is 1. The van der Waals surface area contributed by atoms with E-state index in [-0.39, 0.29) is 33.6 Å². The molecule has 0 unspecified atom stereocenters. The molecule has 5 nitrogen and oxygen atoms in total. The predicted molar refractivity (Wildman–Crippen MR) is 127 cm³/mol. The number of morpholine rings is 1. The molecule has 2 aromatic carbocycles. The van der Waals surface area contributed by atoms with Gasteiger partial charge in [0, 0.05) is 37.3 Å². The number of amides is 1. The number of anilines is 1. The smallest absolute Gasteiger partial charge is 0.261 e. The Labute approximate surface area is 204 Å². The van der Waals surface area contributed by atoms with Gasteiger partial charge in [0.25, 0.3) is 5.91 Å². The van der Waals surface area contributed by atoms with Crippen molar-refractivity contribution in [3.63, 3.8) is 0 Å². The standard InChI is InChI=1S/C21H19Cl2F2N3O2S.ClH/c22-13-2-3-16(23)15(10-13)20(29)28(5-1-4-27-6-8-30-9-7-27)21-26-19-17(25)11-14(24)12-18(19)31-21;/h2-3,10-12H,1,4-9H2;1H. The third kappa shape index (κ3) is 5.68. The molecule has 0 radical (unpaired) electrons. The van der Waals surface area contributed by atoms with Crippen molar-refractivity contribution < 1.29 is 18.3 Å². The highest BCUT2D eigenvalue weighted by Crippen LogP contribution is 2.33. The van der Waals surface area contributed by atoms with Crippen molar-refractivity contribution >= 4 is 68.2 Å². The summed E-state index contributed by atoms with van der Waals surface area (Å²) in [5, 5.41) is 0.909. The van der Waals surface area contributed by atoms with Crippen molar-refractivity contribution in [1.82, 2.24) is 9.88 Å². The zero-order valence-corrected chi connectivity index (χ0v) is 20.0. The van der Waals surface area contributed by atoms with Gasteiger partial charge in [-0.2, -0.15) is 0 Å². The molecule has 1 aromatic heterocycles. The third-order valence-electron chi connectivity index (χ3n) is 5.00. The highest BCUT2D eigenvalue weighted by molar-refractivity contribution is 7.22. The van der Waals surface area contributed by atoms with E-state index < -0.39 is 17.5 Å². The third-order valence-corrected chi connectivity index (χ3v) is 6.59. The van der Waals surface area contributed by atoms with Crippen molar-refractivity contribution in [2.75, 3.05) is 44.3 Å². The lowest BCUT2D eigenvalue weighted by molar-refractivity contribution is 0.0376. The second-order valence-corrected chi connectivity index (χ2v) is 8.97. The largest absolute Gasteiger partial charge is 0.379 e. The van der Waals surface area contributed by atoms with Gasteiger partial charge >= 0.3 is 0 Å². The number of hydrogen-bond acceptors (Lipinski definition) is 5. The van der Waals surface area contributed by atoms with Crippen LogP contribution in [0.5, 0.6) is 0 Å². The molecule has 0 spiro atoms. The van der Waals surface area contributed by atoms with E-state index in [9.17, 15) is 13.6 Å². The van der Waals surface area contributed by atoms with Gasteiger partial charge in [0.15, 0.2) is 10.9 Å². The van der Waals surface area contributed by atoms with Crippen LogP contribution < -0.4 is 4.90 Å². The van der Waals surface area contributed by atoms with Crippen LogP contribution in [-0.2, 0) is 4.74 Å². The number of halogens is 5. The second kappa shape index (κ2) is 11.0. The SMILES string of the molecule is Cl.O=C(c1cc(Cl)ccc1Cl)N(CCCN1CCOCC1)c1nc2c(F)cc(F)cc2s1. The molecule has 2 heterocycles. The first-order valence-electron chi connectivity index (χ1n) is 9.75. The summed E-state index contributed by atoms with van der Waals surface area (Å²) >= 11 is 13.4. The Balaban J connectivity index is 0.00000289. The van der Waals surface area contributed by atoms with Crippen molar-refractivity contribution in [2.45, 2.75) is 6.42 Å². The zero-order valence-electron chi connectivity index (χ0n) is 16.8. The first-order valence-corrected chi connectivity index (χ1v) is 11.3. The Hall–Kier alpha value is -1.55. The Kier molecular flexibility index (Phi) is 8.66. The summed E-state index contributed by atoms with van der Waals surface area (Å²) in [4.78, 5) is 21.4. The van der Waals surface area contributed by atoms with Crippen LogP contribution in [0.25, 0.3) is 10.2 Å². The topological polar surface area (TPSA) is 45.7 Å². The average molecular weight is 523 g/mol. The maximum atomic E-state index is 14.2. The van der Waals surface area contributed by atoms with Gasteiger partial charge in [-0.3, -0.25) is 14.6 Å². The first-order chi connectivity index (χ1) is 14.9. The average Bonchev–Trinajstić information content (AvgIpc) is 3.17. The van der Waals surface area contributed by atoms with Crippen molar-refractivity contribution in [3.8, 4) is 0 Å². The fraction of sp³-hybridized carbons (Fsp3) is 0.333. The second-order valence-electron chi connectivity index (χ2n) is 7.12. The summed E-state index contributed by atoms with van der Waals surface area (Å²) < 4.78 is 33.5. The van der Waals surface area contributed by atoms with Gasteiger partial charge in [-0.05, 0) is 30.7 Å². The molecule has 0 aliphatic carbocycles.